The second-order valence-electron chi connectivity index (χ2n) is 14.5. The molecule has 0 radical (unpaired) electrons. The maximum Gasteiger partial charge on any atom is 0.421 e. The van der Waals surface area contributed by atoms with E-state index in [9.17, 15) is 33.9 Å². The van der Waals surface area contributed by atoms with Crippen molar-refractivity contribution in [2.75, 3.05) is 45.5 Å². The smallest absolute Gasteiger partial charge is 0.421 e. The van der Waals surface area contributed by atoms with Crippen molar-refractivity contribution in [2.24, 2.45) is 5.84 Å². The molecule has 2 aromatic heterocycles. The molecule has 4 amide bonds. The average Bonchev–Trinajstić information content (AvgIpc) is 3.21. The van der Waals surface area contributed by atoms with Gasteiger partial charge in [0.05, 0.1) is 60.2 Å². The number of ether oxygens (including phenoxy) is 4. The molecule has 0 saturated heterocycles. The van der Waals surface area contributed by atoms with E-state index in [2.05, 4.69) is 36.6 Å². The minimum Gasteiger partial charge on any atom is -0.494 e. The number of alkyl carbamates (subject to hydrolysis) is 1. The van der Waals surface area contributed by atoms with E-state index < -0.39 is 29.4 Å². The molecule has 0 aliphatic heterocycles. The van der Waals surface area contributed by atoms with Gasteiger partial charge in [0.15, 0.2) is 17.3 Å². The molecule has 22 heteroatoms. The molecule has 20 nitrogen and oxygen atoms in total. The van der Waals surface area contributed by atoms with Gasteiger partial charge in [-0.1, -0.05) is 35.3 Å². The number of anilines is 4. The van der Waals surface area contributed by atoms with Crippen molar-refractivity contribution in [1.29, 1.82) is 0 Å². The Hall–Kier alpha value is -6.90. The summed E-state index contributed by atoms with van der Waals surface area (Å²) in [6, 6.07) is 12.5. The molecule has 63 heavy (non-hydrogen) atoms. The molecular formula is C41H51Cl2N9O11. The van der Waals surface area contributed by atoms with E-state index in [4.69, 9.17) is 48.0 Å². The van der Waals surface area contributed by atoms with Crippen LogP contribution in [0.4, 0.5) is 32.3 Å². The summed E-state index contributed by atoms with van der Waals surface area (Å²) in [4.78, 5) is 78.0. The number of rotatable bonds is 12. The molecule has 4 rings (SSSR count). The summed E-state index contributed by atoms with van der Waals surface area (Å²) in [5.41, 5.74) is 3.06. The monoisotopic (exact) mass is 915 g/mol. The van der Waals surface area contributed by atoms with Crippen molar-refractivity contribution in [3.05, 3.63) is 93.5 Å². The molecule has 9 N–H and O–H groups in total. The number of hydrogen-bond donors (Lipinski definition) is 8. The predicted molar refractivity (Wildman–Crippen MR) is 237 cm³/mol. The molecule has 0 fully saturated rings. The first-order valence-electron chi connectivity index (χ1n) is 18.5. The Morgan fingerprint density at radius 1 is 0.651 bits per heavy atom. The third-order valence-corrected chi connectivity index (χ3v) is 7.91. The van der Waals surface area contributed by atoms with Gasteiger partial charge in [0, 0.05) is 26.5 Å². The Kier molecular flexibility index (Phi) is 19.8. The second-order valence-corrected chi connectivity index (χ2v) is 15.3. The fraction of sp³-hybridized carbons (Fsp3) is 0.317. The zero-order valence-corrected chi connectivity index (χ0v) is 37.7. The number of benzene rings is 2. The third-order valence-electron chi connectivity index (χ3n) is 7.50. The number of Topliss-reactive ketones (excluding diaryl/α,β-unsaturated/α-hetero) is 1. The summed E-state index contributed by atoms with van der Waals surface area (Å²) < 4.78 is 20.5. The normalized spacial score (nSPS) is 10.5. The van der Waals surface area contributed by atoms with Crippen LogP contribution >= 0.6 is 23.2 Å². The predicted octanol–water partition coefficient (Wildman–Crippen LogP) is 6.48. The van der Waals surface area contributed by atoms with Crippen LogP contribution in [0.2, 0.25) is 10.3 Å². The number of nitrogens with zero attached hydrogens (tertiary/aromatic N) is 2. The van der Waals surface area contributed by atoms with Crippen LogP contribution < -0.4 is 47.3 Å². The van der Waals surface area contributed by atoms with Crippen molar-refractivity contribution >= 4 is 81.7 Å². The van der Waals surface area contributed by atoms with Gasteiger partial charge >= 0.3 is 18.2 Å². The number of carbonyl (C=O) groups excluding carboxylic acids is 5. The summed E-state index contributed by atoms with van der Waals surface area (Å²) in [5, 5.41) is 23.1. The van der Waals surface area contributed by atoms with Gasteiger partial charge < -0.3 is 50.6 Å². The molecule has 0 unspecified atom stereocenters. The van der Waals surface area contributed by atoms with Gasteiger partial charge in [-0.25, -0.2) is 30.2 Å². The highest BCUT2D eigenvalue weighted by molar-refractivity contribution is 6.30. The van der Waals surface area contributed by atoms with Crippen LogP contribution in [0.15, 0.2) is 60.9 Å². The molecule has 0 bridgehead atoms. The molecule has 2 heterocycles. The van der Waals surface area contributed by atoms with E-state index >= 15 is 0 Å². The SMILES string of the molecule is CC(C)(C)OC(=O)NN.CNC(=O)c1cnc(Cl)cc1Nc1cccc(C(=O)CNC(=O)OC(C)(C)C)c1OC.CNC(=O)c1cnc(Cl)cc1Nc1cccc(C(=O)O)c1OC. The number of methoxy groups -OCH3 is 2. The van der Waals surface area contributed by atoms with Gasteiger partial charge in [-0.3, -0.25) is 19.8 Å². The van der Waals surface area contributed by atoms with Crippen molar-refractivity contribution in [1.82, 2.24) is 31.3 Å². The van der Waals surface area contributed by atoms with Crippen LogP contribution in [0.3, 0.4) is 0 Å². The summed E-state index contributed by atoms with van der Waals surface area (Å²) in [6.07, 6.45) is 1.37. The number of hydrazine groups is 1. The highest BCUT2D eigenvalue weighted by Crippen LogP contribution is 2.34. The maximum atomic E-state index is 12.7. The number of nitrogens with two attached hydrogens (primary N) is 1. The van der Waals surface area contributed by atoms with E-state index in [0.717, 1.165) is 0 Å². The number of carbonyl (C=O) groups is 6. The molecule has 0 saturated carbocycles. The molecule has 340 valence electrons. The lowest BCUT2D eigenvalue weighted by Gasteiger charge is -2.20. The Balaban J connectivity index is 0.000000373. The quantitative estimate of drug-likeness (QED) is 0.0248. The maximum absolute atomic E-state index is 12.7. The number of halogens is 2. The molecule has 0 spiro atoms. The first-order valence-corrected chi connectivity index (χ1v) is 19.3. The number of para-hydroxylation sites is 2. The topological polar surface area (TPSA) is 284 Å². The van der Waals surface area contributed by atoms with Crippen LogP contribution in [0.25, 0.3) is 0 Å². The number of pyridine rings is 2. The number of aromatic carboxylic acids is 1. The largest absolute Gasteiger partial charge is 0.494 e. The van der Waals surface area contributed by atoms with Crippen LogP contribution in [0, 0.1) is 0 Å². The van der Waals surface area contributed by atoms with Gasteiger partial charge in [0.1, 0.15) is 27.1 Å². The third kappa shape index (κ3) is 16.8. The van der Waals surface area contributed by atoms with E-state index in [0.29, 0.717) is 22.7 Å². The van der Waals surface area contributed by atoms with E-state index in [1.165, 1.54) is 58.9 Å². The molecule has 2 aromatic carbocycles. The van der Waals surface area contributed by atoms with Gasteiger partial charge in [-0.05, 0) is 77.9 Å². The number of carboxylic acid groups (broad SMARTS) is 1. The number of amides is 4. The molecular weight excluding hydrogens is 865 g/mol. The number of carboxylic acids is 1. The van der Waals surface area contributed by atoms with Gasteiger partial charge in [-0.2, -0.15) is 0 Å². The summed E-state index contributed by atoms with van der Waals surface area (Å²) in [7, 11) is 5.77. The Labute approximate surface area is 373 Å². The Morgan fingerprint density at radius 3 is 1.43 bits per heavy atom. The second kappa shape index (κ2) is 23.9. The van der Waals surface area contributed by atoms with Gasteiger partial charge in [-0.15, -0.1) is 0 Å². The lowest BCUT2D eigenvalue weighted by molar-refractivity contribution is 0.0513. The summed E-state index contributed by atoms with van der Waals surface area (Å²) in [5.74, 6) is 2.93. The van der Waals surface area contributed by atoms with Crippen LogP contribution in [0.1, 0.15) is 83.0 Å². The Morgan fingerprint density at radius 2 is 1.06 bits per heavy atom. The van der Waals surface area contributed by atoms with Crippen molar-refractivity contribution in [2.45, 2.75) is 52.7 Å². The van der Waals surface area contributed by atoms with Crippen molar-refractivity contribution in [3.8, 4) is 11.5 Å². The molecule has 0 aliphatic carbocycles. The zero-order chi connectivity index (χ0) is 47.7. The van der Waals surface area contributed by atoms with Crippen LogP contribution in [-0.2, 0) is 9.47 Å². The van der Waals surface area contributed by atoms with Gasteiger partial charge in [0.25, 0.3) is 11.8 Å². The van der Waals surface area contributed by atoms with Crippen molar-refractivity contribution in [3.63, 3.8) is 0 Å². The Bertz CT molecular complexity index is 2280. The standard InChI is InChI=1S/C21H25ClN4O5.C15H14ClN3O4.C5H12N2O2/c1-21(2,3)31-20(29)25-11-16(27)12-7-6-8-14(18(12)30-5)26-15-9-17(22)24-10-13(15)19(28)23-4;1-17-14(20)9-7-18-12(16)6-11(9)19-10-5-3-4-8(15(21)22)13(10)23-2;1-5(2,3)9-4(8)7-6/h6-10H,11H2,1-5H3,(H,23,28)(H,24,26)(H,25,29);3-7H,1-2H3,(H,17,20)(H,18,19)(H,21,22);6H2,1-3H3,(H,7,8). The number of nitrogens with one attached hydrogen (secondary N) is 6. The first kappa shape index (κ1) is 52.2. The highest BCUT2D eigenvalue weighted by Gasteiger charge is 2.22. The highest BCUT2D eigenvalue weighted by atomic mass is 35.5. The average molecular weight is 917 g/mol. The van der Waals surface area contributed by atoms with E-state index in [1.54, 1.807) is 71.9 Å². The number of aromatic nitrogens is 2. The zero-order valence-electron chi connectivity index (χ0n) is 36.2. The van der Waals surface area contributed by atoms with Crippen molar-refractivity contribution < 1.29 is 52.8 Å². The first-order chi connectivity index (χ1) is 29.5. The lowest BCUT2D eigenvalue weighted by Crippen LogP contribution is -2.36. The van der Waals surface area contributed by atoms with Crippen LogP contribution in [0.5, 0.6) is 11.5 Å². The fourth-order valence-electron chi connectivity index (χ4n) is 4.96. The lowest BCUT2D eigenvalue weighted by atomic mass is 10.1. The number of hydrogen-bond acceptors (Lipinski definition) is 15. The van der Waals surface area contributed by atoms with Crippen LogP contribution in [-0.4, -0.2) is 96.9 Å². The van der Waals surface area contributed by atoms with Gasteiger partial charge in [0.2, 0.25) is 0 Å². The molecule has 0 aliphatic rings. The van der Waals surface area contributed by atoms with E-state index in [-0.39, 0.29) is 68.2 Å². The summed E-state index contributed by atoms with van der Waals surface area (Å²) >= 11 is 11.9. The number of ketones is 1. The molecule has 0 atom stereocenters. The fourth-order valence-corrected chi connectivity index (χ4v) is 5.27. The van der Waals surface area contributed by atoms with E-state index in [1.807, 2.05) is 5.43 Å². The molecule has 4 aromatic rings. The summed E-state index contributed by atoms with van der Waals surface area (Å²) in [6.45, 7) is 10.2. The minimum atomic E-state index is -1.12. The minimum absolute atomic E-state index is 0.000791.